The fraction of sp³-hybridized carbons (Fsp3) is 0.588. The lowest BCUT2D eigenvalue weighted by molar-refractivity contribution is -0.192. The molecule has 8 nitrogen and oxygen atoms in total. The molecule has 162 valence electrons. The minimum absolute atomic E-state index is 0.0197. The fourth-order valence-corrected chi connectivity index (χ4v) is 3.15. The van der Waals surface area contributed by atoms with E-state index in [1.807, 2.05) is 0 Å². The molecule has 1 aliphatic carbocycles. The van der Waals surface area contributed by atoms with Gasteiger partial charge in [0.2, 0.25) is 5.91 Å². The maximum Gasteiger partial charge on any atom is 0.490 e. The Morgan fingerprint density at radius 1 is 1.38 bits per heavy atom. The average molecular weight is 424 g/mol. The van der Waals surface area contributed by atoms with Gasteiger partial charge in [-0.05, 0) is 25.0 Å². The van der Waals surface area contributed by atoms with Gasteiger partial charge in [-0.2, -0.15) is 13.2 Å². The number of rotatable bonds is 4. The smallest absolute Gasteiger partial charge is 0.475 e. The van der Waals surface area contributed by atoms with Crippen molar-refractivity contribution in [3.05, 3.63) is 24.1 Å². The number of pyridine rings is 1. The van der Waals surface area contributed by atoms with Crippen molar-refractivity contribution in [3.63, 3.8) is 0 Å². The zero-order chi connectivity index (χ0) is 21.6. The van der Waals surface area contributed by atoms with Crippen molar-refractivity contribution in [2.45, 2.75) is 37.3 Å². The summed E-state index contributed by atoms with van der Waals surface area (Å²) in [7, 11) is 1.49. The minimum atomic E-state index is -5.08. The van der Waals surface area contributed by atoms with E-state index in [-0.39, 0.29) is 30.5 Å². The summed E-state index contributed by atoms with van der Waals surface area (Å²) in [5.41, 5.74) is 0. The highest BCUT2D eigenvalue weighted by molar-refractivity contribution is 5.78. The molecule has 2 aliphatic rings. The molecule has 2 heterocycles. The number of halogens is 4. The lowest BCUT2D eigenvalue weighted by atomic mass is 10.1. The number of hydrogen-bond donors (Lipinski definition) is 1. The number of fused-ring (bicyclic) bond motifs is 2. The van der Waals surface area contributed by atoms with Gasteiger partial charge in [-0.3, -0.25) is 4.79 Å². The van der Waals surface area contributed by atoms with Crippen LogP contribution in [-0.2, 0) is 19.1 Å². The number of nitrogens with zero attached hydrogens (tertiary/aromatic N) is 2. The SMILES string of the molecule is COCC(=O)N1CCOC2CCC1C2Oc1ncccc1F.O=C(O)C(F)(F)F. The number of carboxylic acids is 1. The summed E-state index contributed by atoms with van der Waals surface area (Å²) >= 11 is 0. The molecule has 1 saturated heterocycles. The van der Waals surface area contributed by atoms with Crippen LogP contribution < -0.4 is 4.74 Å². The number of aliphatic carboxylic acids is 1. The van der Waals surface area contributed by atoms with Gasteiger partial charge in [-0.1, -0.05) is 0 Å². The van der Waals surface area contributed by atoms with Crippen LogP contribution in [0.5, 0.6) is 5.88 Å². The topological polar surface area (TPSA) is 98.2 Å². The maximum atomic E-state index is 13.8. The molecule has 1 N–H and O–H groups in total. The van der Waals surface area contributed by atoms with Crippen LogP contribution in [-0.4, -0.2) is 78.2 Å². The zero-order valence-corrected chi connectivity index (χ0v) is 15.4. The Bertz CT molecular complexity index is 717. The first kappa shape index (κ1) is 22.8. The van der Waals surface area contributed by atoms with Crippen molar-refractivity contribution in [2.24, 2.45) is 0 Å². The van der Waals surface area contributed by atoms with Crippen molar-refractivity contribution >= 4 is 11.9 Å². The third-order valence-electron chi connectivity index (χ3n) is 4.36. The van der Waals surface area contributed by atoms with Crippen molar-refractivity contribution in [3.8, 4) is 5.88 Å². The Hall–Kier alpha value is -2.47. The van der Waals surface area contributed by atoms with Gasteiger partial charge in [0, 0.05) is 19.9 Å². The van der Waals surface area contributed by atoms with E-state index in [4.69, 9.17) is 24.1 Å². The van der Waals surface area contributed by atoms with E-state index < -0.39 is 24.1 Å². The highest BCUT2D eigenvalue weighted by Crippen LogP contribution is 2.33. The van der Waals surface area contributed by atoms with E-state index in [1.165, 1.54) is 25.4 Å². The van der Waals surface area contributed by atoms with E-state index >= 15 is 0 Å². The van der Waals surface area contributed by atoms with Crippen LogP contribution in [0, 0.1) is 5.82 Å². The molecule has 0 radical (unpaired) electrons. The third kappa shape index (κ3) is 6.00. The molecular weight excluding hydrogens is 404 g/mol. The second kappa shape index (κ2) is 9.83. The highest BCUT2D eigenvalue weighted by atomic mass is 19.4. The summed E-state index contributed by atoms with van der Waals surface area (Å²) < 4.78 is 62.0. The summed E-state index contributed by atoms with van der Waals surface area (Å²) in [5, 5.41) is 7.12. The van der Waals surface area contributed by atoms with Crippen LogP contribution >= 0.6 is 0 Å². The molecule has 2 bridgehead atoms. The van der Waals surface area contributed by atoms with Gasteiger partial charge in [0.05, 0.1) is 18.8 Å². The summed E-state index contributed by atoms with van der Waals surface area (Å²) in [6.45, 7) is 0.959. The molecule has 1 aliphatic heterocycles. The largest absolute Gasteiger partial charge is 0.490 e. The molecule has 1 aromatic heterocycles. The van der Waals surface area contributed by atoms with Gasteiger partial charge in [-0.25, -0.2) is 14.2 Å². The molecule has 3 unspecified atom stereocenters. The Labute approximate surface area is 163 Å². The highest BCUT2D eigenvalue weighted by Gasteiger charge is 2.46. The van der Waals surface area contributed by atoms with Gasteiger partial charge >= 0.3 is 12.1 Å². The monoisotopic (exact) mass is 424 g/mol. The summed E-state index contributed by atoms with van der Waals surface area (Å²) in [5.74, 6) is -3.42. The first-order valence-electron chi connectivity index (χ1n) is 8.62. The Kier molecular flexibility index (Phi) is 7.73. The molecule has 2 fully saturated rings. The fourth-order valence-electron chi connectivity index (χ4n) is 3.15. The quantitative estimate of drug-likeness (QED) is 0.734. The second-order valence-electron chi connectivity index (χ2n) is 6.25. The Morgan fingerprint density at radius 3 is 2.66 bits per heavy atom. The lowest BCUT2D eigenvalue weighted by Crippen LogP contribution is -2.48. The first-order valence-corrected chi connectivity index (χ1v) is 8.62. The van der Waals surface area contributed by atoms with Gasteiger partial charge in [0.1, 0.15) is 12.7 Å². The molecular formula is C17H20F4N2O6. The molecule has 3 atom stereocenters. The lowest BCUT2D eigenvalue weighted by Gasteiger charge is -2.31. The van der Waals surface area contributed by atoms with Crippen LogP contribution in [0.1, 0.15) is 12.8 Å². The molecule has 29 heavy (non-hydrogen) atoms. The molecule has 1 aromatic rings. The summed E-state index contributed by atoms with van der Waals surface area (Å²) in [6, 6.07) is 2.67. The number of carboxylic acid groups (broad SMARTS) is 1. The average Bonchev–Trinajstić information content (AvgIpc) is 2.92. The van der Waals surface area contributed by atoms with E-state index in [1.54, 1.807) is 4.90 Å². The van der Waals surface area contributed by atoms with Crippen molar-refractivity contribution < 1.29 is 46.5 Å². The number of hydrogen-bond acceptors (Lipinski definition) is 6. The summed E-state index contributed by atoms with van der Waals surface area (Å²) in [4.78, 5) is 26.7. The van der Waals surface area contributed by atoms with Crippen LogP contribution in [0.4, 0.5) is 17.6 Å². The van der Waals surface area contributed by atoms with Crippen molar-refractivity contribution in [1.29, 1.82) is 0 Å². The van der Waals surface area contributed by atoms with Crippen molar-refractivity contribution in [2.75, 3.05) is 26.9 Å². The number of methoxy groups -OCH3 is 1. The Balaban J connectivity index is 0.000000370. The number of carbonyl (C=O) groups is 2. The van der Waals surface area contributed by atoms with Gasteiger partial charge < -0.3 is 24.2 Å². The van der Waals surface area contributed by atoms with Crippen LogP contribution in [0.3, 0.4) is 0 Å². The first-order chi connectivity index (χ1) is 13.6. The van der Waals surface area contributed by atoms with E-state index in [0.29, 0.717) is 13.2 Å². The van der Waals surface area contributed by atoms with E-state index in [0.717, 1.165) is 12.8 Å². The second-order valence-corrected chi connectivity index (χ2v) is 6.25. The normalized spacial score (nSPS) is 23.6. The molecule has 1 saturated carbocycles. The third-order valence-corrected chi connectivity index (χ3v) is 4.36. The van der Waals surface area contributed by atoms with E-state index in [9.17, 15) is 22.4 Å². The maximum absolute atomic E-state index is 13.8. The van der Waals surface area contributed by atoms with Gasteiger partial charge in [-0.15, -0.1) is 0 Å². The predicted molar refractivity (Wildman–Crippen MR) is 88.7 cm³/mol. The molecule has 12 heteroatoms. The number of carbonyl (C=O) groups excluding carboxylic acids is 1. The number of alkyl halides is 3. The number of aromatic nitrogens is 1. The summed E-state index contributed by atoms with van der Waals surface area (Å²) in [6.07, 6.45) is -2.62. The number of ether oxygens (including phenoxy) is 3. The van der Waals surface area contributed by atoms with Crippen LogP contribution in [0.2, 0.25) is 0 Å². The predicted octanol–water partition coefficient (Wildman–Crippen LogP) is 1.64. The standard InChI is InChI=1S/C15H19FN2O4.C2HF3O2/c1-20-9-13(19)18-7-8-21-12-5-4-11(18)14(12)22-15-10(16)3-2-6-17-15;3-2(4,5)1(6)7/h2-3,6,11-12,14H,4-5,7-9H2,1H3;(H,6,7). The van der Waals surface area contributed by atoms with Gasteiger partial charge in [0.25, 0.3) is 5.88 Å². The molecule has 0 aromatic carbocycles. The number of amides is 1. The molecule has 1 amide bonds. The van der Waals surface area contributed by atoms with Gasteiger partial charge in [0.15, 0.2) is 5.82 Å². The minimum Gasteiger partial charge on any atom is -0.475 e. The zero-order valence-electron chi connectivity index (χ0n) is 15.4. The van der Waals surface area contributed by atoms with Crippen molar-refractivity contribution in [1.82, 2.24) is 9.88 Å². The van der Waals surface area contributed by atoms with E-state index in [2.05, 4.69) is 4.98 Å². The molecule has 3 rings (SSSR count). The van der Waals surface area contributed by atoms with Crippen LogP contribution in [0.15, 0.2) is 18.3 Å². The Morgan fingerprint density at radius 2 is 2.07 bits per heavy atom. The van der Waals surface area contributed by atoms with Crippen LogP contribution in [0.25, 0.3) is 0 Å². The molecule has 0 spiro atoms.